The van der Waals surface area contributed by atoms with Gasteiger partial charge in [-0.15, -0.1) is 0 Å². The van der Waals surface area contributed by atoms with Crippen molar-refractivity contribution in [3.8, 4) is 0 Å². The number of nitrogens with one attached hydrogen (secondary N) is 1. The number of hydrogen-bond acceptors (Lipinski definition) is 3. The highest BCUT2D eigenvalue weighted by Gasteiger charge is 2.38. The topological polar surface area (TPSA) is 115 Å². The van der Waals surface area contributed by atoms with Gasteiger partial charge in [0.1, 0.15) is 0 Å². The molecule has 0 aliphatic carbocycles. The molecule has 0 saturated carbocycles. The van der Waals surface area contributed by atoms with Crippen molar-refractivity contribution in [3.63, 3.8) is 0 Å². The molecule has 0 aromatic heterocycles. The molecule has 1 fully saturated rings. The molecule has 7 nitrogen and oxygen atoms in total. The highest BCUT2D eigenvalue weighted by atomic mass is 16.4. The predicted molar refractivity (Wildman–Crippen MR) is 50.9 cm³/mol. The van der Waals surface area contributed by atoms with Crippen molar-refractivity contribution >= 4 is 11.9 Å². The largest absolute Gasteiger partial charge is 0.481 e. The van der Waals surface area contributed by atoms with Crippen LogP contribution in [0.1, 0.15) is 12.8 Å². The highest BCUT2D eigenvalue weighted by molar-refractivity contribution is 5.89. The summed E-state index contributed by atoms with van der Waals surface area (Å²) in [6.07, 6.45) is 0.858. The number of β-lactam (4-membered cyclic amide) rings is 1. The zero-order chi connectivity index (χ0) is 11.3. The standard InChI is InChI=1S/C8H12N4O3/c9-12-11-3-1-2-5(8(14)15)6-4-10-7(6)13/h5-6H,1-4H2,(H,10,13)(H,14,15). The van der Waals surface area contributed by atoms with E-state index in [-0.39, 0.29) is 12.5 Å². The normalized spacial score (nSPS) is 20.8. The summed E-state index contributed by atoms with van der Waals surface area (Å²) in [5, 5.41) is 14.7. The van der Waals surface area contributed by atoms with Crippen LogP contribution in [0.3, 0.4) is 0 Å². The maximum atomic E-state index is 11.0. The van der Waals surface area contributed by atoms with E-state index in [2.05, 4.69) is 15.3 Å². The Hall–Kier alpha value is -1.75. The van der Waals surface area contributed by atoms with Gasteiger partial charge in [0, 0.05) is 18.0 Å². The molecule has 2 atom stereocenters. The third kappa shape index (κ3) is 2.85. The maximum absolute atomic E-state index is 11.0. The number of nitrogens with zero attached hydrogens (tertiary/aromatic N) is 3. The van der Waals surface area contributed by atoms with Crippen LogP contribution in [-0.4, -0.2) is 30.1 Å². The zero-order valence-electron chi connectivity index (χ0n) is 8.09. The molecule has 1 heterocycles. The number of carboxylic acids is 1. The summed E-state index contributed by atoms with van der Waals surface area (Å²) in [6.45, 7) is 0.700. The second kappa shape index (κ2) is 5.21. The van der Waals surface area contributed by atoms with E-state index in [1.807, 2.05) is 0 Å². The van der Waals surface area contributed by atoms with E-state index in [9.17, 15) is 9.59 Å². The zero-order valence-corrected chi connectivity index (χ0v) is 8.09. The van der Waals surface area contributed by atoms with Gasteiger partial charge in [0.05, 0.1) is 11.8 Å². The number of carbonyl (C=O) groups excluding carboxylic acids is 1. The molecule has 1 aliphatic heterocycles. The molecule has 7 heteroatoms. The molecule has 15 heavy (non-hydrogen) atoms. The first kappa shape index (κ1) is 11.3. The fourth-order valence-corrected chi connectivity index (χ4v) is 1.55. The lowest BCUT2D eigenvalue weighted by atomic mass is 9.83. The van der Waals surface area contributed by atoms with Crippen LogP contribution in [0.2, 0.25) is 0 Å². The lowest BCUT2D eigenvalue weighted by molar-refractivity contribution is -0.150. The van der Waals surface area contributed by atoms with Crippen LogP contribution < -0.4 is 5.32 Å². The number of hydrogen-bond donors (Lipinski definition) is 2. The Bertz CT molecular complexity index is 311. The van der Waals surface area contributed by atoms with Gasteiger partial charge >= 0.3 is 5.97 Å². The van der Waals surface area contributed by atoms with Gasteiger partial charge in [0.15, 0.2) is 0 Å². The molecule has 0 radical (unpaired) electrons. The van der Waals surface area contributed by atoms with Crippen molar-refractivity contribution in [1.29, 1.82) is 0 Å². The fraction of sp³-hybridized carbons (Fsp3) is 0.750. The Kier molecular flexibility index (Phi) is 3.93. The quantitative estimate of drug-likeness (QED) is 0.220. The van der Waals surface area contributed by atoms with E-state index in [0.29, 0.717) is 19.4 Å². The highest BCUT2D eigenvalue weighted by Crippen LogP contribution is 2.22. The summed E-state index contributed by atoms with van der Waals surface area (Å²) in [7, 11) is 0. The monoisotopic (exact) mass is 212 g/mol. The van der Waals surface area contributed by atoms with Gasteiger partial charge in [-0.3, -0.25) is 9.59 Å². The van der Waals surface area contributed by atoms with Crippen molar-refractivity contribution in [2.75, 3.05) is 13.1 Å². The van der Waals surface area contributed by atoms with Gasteiger partial charge in [-0.2, -0.15) is 0 Å². The van der Waals surface area contributed by atoms with E-state index in [0.717, 1.165) is 0 Å². The fourth-order valence-electron chi connectivity index (χ4n) is 1.55. The Morgan fingerprint density at radius 3 is 2.93 bits per heavy atom. The van der Waals surface area contributed by atoms with Gasteiger partial charge in [0.25, 0.3) is 0 Å². The first-order valence-electron chi connectivity index (χ1n) is 4.68. The minimum absolute atomic E-state index is 0.203. The van der Waals surface area contributed by atoms with E-state index in [1.54, 1.807) is 0 Å². The van der Waals surface area contributed by atoms with Crippen LogP contribution in [0.15, 0.2) is 5.11 Å². The van der Waals surface area contributed by atoms with Gasteiger partial charge in [-0.25, -0.2) is 0 Å². The number of amides is 1. The van der Waals surface area contributed by atoms with E-state index in [1.165, 1.54) is 0 Å². The third-order valence-corrected chi connectivity index (χ3v) is 2.47. The van der Waals surface area contributed by atoms with Gasteiger partial charge < -0.3 is 10.4 Å². The molecule has 0 aromatic rings. The molecular weight excluding hydrogens is 200 g/mol. The van der Waals surface area contributed by atoms with Crippen LogP contribution in [0.25, 0.3) is 10.4 Å². The molecule has 1 saturated heterocycles. The molecule has 1 rings (SSSR count). The van der Waals surface area contributed by atoms with E-state index >= 15 is 0 Å². The molecule has 0 spiro atoms. The lowest BCUT2D eigenvalue weighted by Crippen LogP contribution is -2.53. The molecule has 1 amide bonds. The smallest absolute Gasteiger partial charge is 0.307 e. The van der Waals surface area contributed by atoms with E-state index < -0.39 is 17.8 Å². The molecule has 2 unspecified atom stereocenters. The SMILES string of the molecule is [N-]=[N+]=NCCCC(C(=O)O)C1CNC1=O. The van der Waals surface area contributed by atoms with Crippen molar-refractivity contribution in [1.82, 2.24) is 5.32 Å². The number of aliphatic carboxylic acids is 1. The van der Waals surface area contributed by atoms with Crippen molar-refractivity contribution in [2.45, 2.75) is 12.8 Å². The summed E-state index contributed by atoms with van der Waals surface area (Å²) in [5.74, 6) is -2.25. The van der Waals surface area contributed by atoms with Crippen LogP contribution in [0.5, 0.6) is 0 Å². The number of azide groups is 1. The average molecular weight is 212 g/mol. The molecule has 2 N–H and O–H groups in total. The summed E-state index contributed by atoms with van der Waals surface area (Å²) >= 11 is 0. The second-order valence-corrected chi connectivity index (χ2v) is 3.39. The first-order valence-corrected chi connectivity index (χ1v) is 4.68. The molecule has 82 valence electrons. The Morgan fingerprint density at radius 1 is 1.80 bits per heavy atom. The van der Waals surface area contributed by atoms with Crippen LogP contribution in [-0.2, 0) is 9.59 Å². The number of carbonyl (C=O) groups is 2. The van der Waals surface area contributed by atoms with Crippen LogP contribution in [0, 0.1) is 11.8 Å². The number of rotatable bonds is 6. The van der Waals surface area contributed by atoms with Crippen molar-refractivity contribution in [2.24, 2.45) is 17.0 Å². The van der Waals surface area contributed by atoms with Crippen molar-refractivity contribution < 1.29 is 14.7 Å². The van der Waals surface area contributed by atoms with Crippen LogP contribution in [0.4, 0.5) is 0 Å². The Labute approximate surface area is 86.1 Å². The summed E-state index contributed by atoms with van der Waals surface area (Å²) in [5.41, 5.74) is 8.03. The van der Waals surface area contributed by atoms with E-state index in [4.69, 9.17) is 10.6 Å². The van der Waals surface area contributed by atoms with Crippen molar-refractivity contribution in [3.05, 3.63) is 10.4 Å². The molecular formula is C8H12N4O3. The molecule has 0 aromatic carbocycles. The maximum Gasteiger partial charge on any atom is 0.307 e. The first-order chi connectivity index (χ1) is 7.16. The van der Waals surface area contributed by atoms with Gasteiger partial charge in [-0.1, -0.05) is 5.11 Å². The predicted octanol–water partition coefficient (Wildman–Crippen LogP) is 0.524. The minimum atomic E-state index is -0.962. The summed E-state index contributed by atoms with van der Waals surface area (Å²) < 4.78 is 0. The van der Waals surface area contributed by atoms with Gasteiger partial charge in [-0.05, 0) is 18.4 Å². The van der Waals surface area contributed by atoms with Crippen LogP contribution >= 0.6 is 0 Å². The third-order valence-electron chi connectivity index (χ3n) is 2.47. The molecule has 1 aliphatic rings. The average Bonchev–Trinajstić information content (AvgIpc) is 2.19. The minimum Gasteiger partial charge on any atom is -0.481 e. The lowest BCUT2D eigenvalue weighted by Gasteiger charge is -2.30. The summed E-state index contributed by atoms with van der Waals surface area (Å²) in [6, 6.07) is 0. The molecule has 0 bridgehead atoms. The summed E-state index contributed by atoms with van der Waals surface area (Å²) in [4.78, 5) is 24.4. The Morgan fingerprint density at radius 2 is 2.53 bits per heavy atom. The number of carboxylic acid groups (broad SMARTS) is 1. The Balaban J connectivity index is 2.40. The second-order valence-electron chi connectivity index (χ2n) is 3.39. The van der Waals surface area contributed by atoms with Gasteiger partial charge in [0.2, 0.25) is 5.91 Å².